The minimum atomic E-state index is 0.0484. The Morgan fingerprint density at radius 3 is 2.64 bits per heavy atom. The zero-order valence-corrected chi connectivity index (χ0v) is 15.3. The summed E-state index contributed by atoms with van der Waals surface area (Å²) in [6.45, 7) is 6.70. The van der Waals surface area contributed by atoms with Gasteiger partial charge < -0.3 is 15.3 Å². The van der Waals surface area contributed by atoms with Crippen LogP contribution in [0.3, 0.4) is 0 Å². The second-order valence-corrected chi connectivity index (χ2v) is 7.35. The standard InChI is InChI=1S/C20H31N3O2/c1-2-19(23-12-9-17-5-3-4-6-18(17)14-23)13-21-20(25)22-10-7-16(15-24)8-11-22/h3-6,16,19,24H,2,7-15H2,1H3,(H,21,25). The Labute approximate surface area is 151 Å². The highest BCUT2D eigenvalue weighted by atomic mass is 16.3. The molecule has 0 radical (unpaired) electrons. The Hall–Kier alpha value is -1.59. The van der Waals surface area contributed by atoms with Crippen LogP contribution in [0, 0.1) is 5.92 Å². The molecule has 0 saturated carbocycles. The molecule has 0 aromatic heterocycles. The molecule has 138 valence electrons. The number of nitrogens with one attached hydrogen (secondary N) is 1. The summed E-state index contributed by atoms with van der Waals surface area (Å²) in [5, 5.41) is 12.4. The number of urea groups is 1. The van der Waals surface area contributed by atoms with Crippen molar-refractivity contribution in [2.24, 2.45) is 5.92 Å². The van der Waals surface area contributed by atoms with Gasteiger partial charge >= 0.3 is 6.03 Å². The number of nitrogens with zero attached hydrogens (tertiary/aromatic N) is 2. The van der Waals surface area contributed by atoms with E-state index in [1.165, 1.54) is 11.1 Å². The number of aliphatic hydroxyl groups excluding tert-OH is 1. The van der Waals surface area contributed by atoms with Gasteiger partial charge in [-0.2, -0.15) is 0 Å². The van der Waals surface area contributed by atoms with E-state index in [0.29, 0.717) is 18.5 Å². The summed E-state index contributed by atoms with van der Waals surface area (Å²) in [6.07, 6.45) is 3.94. The summed E-state index contributed by atoms with van der Waals surface area (Å²) >= 11 is 0. The average molecular weight is 345 g/mol. The van der Waals surface area contributed by atoms with E-state index in [1.54, 1.807) is 0 Å². The van der Waals surface area contributed by atoms with Gasteiger partial charge in [-0.15, -0.1) is 0 Å². The average Bonchev–Trinajstić information content (AvgIpc) is 2.68. The Morgan fingerprint density at radius 2 is 1.96 bits per heavy atom. The molecule has 1 unspecified atom stereocenters. The lowest BCUT2D eigenvalue weighted by atomic mass is 9.98. The zero-order chi connectivity index (χ0) is 17.6. The van der Waals surface area contributed by atoms with E-state index in [0.717, 1.165) is 51.9 Å². The van der Waals surface area contributed by atoms with Crippen LogP contribution in [0.1, 0.15) is 37.3 Å². The quantitative estimate of drug-likeness (QED) is 0.860. The van der Waals surface area contributed by atoms with E-state index in [-0.39, 0.29) is 12.6 Å². The predicted molar refractivity (Wildman–Crippen MR) is 99.4 cm³/mol. The number of carbonyl (C=O) groups excluding carboxylic acids is 1. The molecule has 5 nitrogen and oxygen atoms in total. The molecule has 25 heavy (non-hydrogen) atoms. The number of hydrogen-bond donors (Lipinski definition) is 2. The van der Waals surface area contributed by atoms with E-state index in [9.17, 15) is 9.90 Å². The van der Waals surface area contributed by atoms with Crippen LogP contribution in [0.2, 0.25) is 0 Å². The fourth-order valence-corrected chi connectivity index (χ4v) is 4.00. The molecule has 2 aliphatic heterocycles. The van der Waals surface area contributed by atoms with Gasteiger partial charge in [-0.05, 0) is 42.7 Å². The third kappa shape index (κ3) is 4.53. The summed E-state index contributed by atoms with van der Waals surface area (Å²) in [5.74, 6) is 0.362. The van der Waals surface area contributed by atoms with Crippen LogP contribution in [-0.4, -0.2) is 59.8 Å². The maximum atomic E-state index is 12.4. The summed E-state index contributed by atoms with van der Waals surface area (Å²) in [4.78, 5) is 16.8. The molecule has 0 aliphatic carbocycles. The Morgan fingerprint density at radius 1 is 1.24 bits per heavy atom. The Bertz CT molecular complexity index is 570. The molecule has 1 aromatic carbocycles. The third-order valence-electron chi connectivity index (χ3n) is 5.80. The van der Waals surface area contributed by atoms with Gasteiger partial charge in [0, 0.05) is 45.4 Å². The second-order valence-electron chi connectivity index (χ2n) is 7.35. The molecule has 1 saturated heterocycles. The second kappa shape index (κ2) is 8.68. The van der Waals surface area contributed by atoms with Crippen molar-refractivity contribution < 1.29 is 9.90 Å². The van der Waals surface area contributed by atoms with E-state index < -0.39 is 0 Å². The van der Waals surface area contributed by atoms with Gasteiger partial charge in [0.25, 0.3) is 0 Å². The monoisotopic (exact) mass is 345 g/mol. The fraction of sp³-hybridized carbons (Fsp3) is 0.650. The van der Waals surface area contributed by atoms with Crippen LogP contribution >= 0.6 is 0 Å². The van der Waals surface area contributed by atoms with Crippen molar-refractivity contribution in [3.63, 3.8) is 0 Å². The first-order chi connectivity index (χ1) is 12.2. The van der Waals surface area contributed by atoms with Gasteiger partial charge in [-0.3, -0.25) is 4.90 Å². The molecule has 2 heterocycles. The van der Waals surface area contributed by atoms with Gasteiger partial charge in [0.1, 0.15) is 0 Å². The van der Waals surface area contributed by atoms with Crippen molar-refractivity contribution in [3.8, 4) is 0 Å². The van der Waals surface area contributed by atoms with E-state index in [2.05, 4.69) is 41.4 Å². The molecule has 2 amide bonds. The predicted octanol–water partition coefficient (Wildman–Crippen LogP) is 2.24. The van der Waals surface area contributed by atoms with Crippen molar-refractivity contribution in [2.45, 2.75) is 45.2 Å². The van der Waals surface area contributed by atoms with Crippen LogP contribution in [0.25, 0.3) is 0 Å². The minimum Gasteiger partial charge on any atom is -0.396 e. The number of amides is 2. The van der Waals surface area contributed by atoms with E-state index >= 15 is 0 Å². The molecule has 1 fully saturated rings. The molecule has 2 aliphatic rings. The maximum Gasteiger partial charge on any atom is 0.317 e. The first-order valence-corrected chi connectivity index (χ1v) is 9.65. The number of rotatable bonds is 5. The Kier molecular flexibility index (Phi) is 6.32. The number of aliphatic hydroxyl groups is 1. The van der Waals surface area contributed by atoms with Crippen molar-refractivity contribution in [2.75, 3.05) is 32.8 Å². The smallest absolute Gasteiger partial charge is 0.317 e. The molecule has 1 atom stereocenters. The highest BCUT2D eigenvalue weighted by Crippen LogP contribution is 2.21. The number of hydrogen-bond acceptors (Lipinski definition) is 3. The van der Waals surface area contributed by atoms with Crippen molar-refractivity contribution in [3.05, 3.63) is 35.4 Å². The first-order valence-electron chi connectivity index (χ1n) is 9.65. The third-order valence-corrected chi connectivity index (χ3v) is 5.80. The van der Waals surface area contributed by atoms with Crippen molar-refractivity contribution >= 4 is 6.03 Å². The van der Waals surface area contributed by atoms with Crippen LogP contribution < -0.4 is 5.32 Å². The summed E-state index contributed by atoms with van der Waals surface area (Å²) in [7, 11) is 0. The SMILES string of the molecule is CCC(CNC(=O)N1CCC(CO)CC1)N1CCc2ccccc2C1. The number of likely N-dealkylation sites (tertiary alicyclic amines) is 1. The van der Waals surface area contributed by atoms with Crippen LogP contribution in [0.15, 0.2) is 24.3 Å². The van der Waals surface area contributed by atoms with Gasteiger partial charge in [0.05, 0.1) is 0 Å². The fourth-order valence-electron chi connectivity index (χ4n) is 4.00. The number of fused-ring (bicyclic) bond motifs is 1. The van der Waals surface area contributed by atoms with Gasteiger partial charge in [0.15, 0.2) is 0 Å². The van der Waals surface area contributed by atoms with Gasteiger partial charge in [-0.1, -0.05) is 31.2 Å². The maximum absolute atomic E-state index is 12.4. The largest absolute Gasteiger partial charge is 0.396 e. The lowest BCUT2D eigenvalue weighted by Gasteiger charge is -2.36. The molecule has 0 bridgehead atoms. The molecule has 3 rings (SSSR count). The van der Waals surface area contributed by atoms with Crippen molar-refractivity contribution in [1.82, 2.24) is 15.1 Å². The summed E-state index contributed by atoms with van der Waals surface area (Å²) in [6, 6.07) is 9.11. The van der Waals surface area contributed by atoms with E-state index in [1.807, 2.05) is 4.90 Å². The number of benzene rings is 1. The summed E-state index contributed by atoms with van der Waals surface area (Å²) < 4.78 is 0. The summed E-state index contributed by atoms with van der Waals surface area (Å²) in [5.41, 5.74) is 2.88. The molecule has 1 aromatic rings. The van der Waals surface area contributed by atoms with Crippen LogP contribution in [0.5, 0.6) is 0 Å². The zero-order valence-electron chi connectivity index (χ0n) is 15.3. The first kappa shape index (κ1) is 18.2. The number of carbonyl (C=O) groups is 1. The molecule has 5 heteroatoms. The highest BCUT2D eigenvalue weighted by molar-refractivity contribution is 5.74. The lowest BCUT2D eigenvalue weighted by Crippen LogP contribution is -2.50. The van der Waals surface area contributed by atoms with Gasteiger partial charge in [0.2, 0.25) is 0 Å². The number of piperidine rings is 1. The highest BCUT2D eigenvalue weighted by Gasteiger charge is 2.25. The topological polar surface area (TPSA) is 55.8 Å². The van der Waals surface area contributed by atoms with Crippen molar-refractivity contribution in [1.29, 1.82) is 0 Å². The van der Waals surface area contributed by atoms with Crippen LogP contribution in [-0.2, 0) is 13.0 Å². The molecular formula is C20H31N3O2. The molecular weight excluding hydrogens is 314 g/mol. The lowest BCUT2D eigenvalue weighted by molar-refractivity contribution is 0.131. The minimum absolute atomic E-state index is 0.0484. The molecule has 2 N–H and O–H groups in total. The van der Waals surface area contributed by atoms with E-state index in [4.69, 9.17) is 0 Å². The van der Waals surface area contributed by atoms with Crippen LogP contribution in [0.4, 0.5) is 4.79 Å². The van der Waals surface area contributed by atoms with Gasteiger partial charge in [-0.25, -0.2) is 4.79 Å². The Balaban J connectivity index is 1.49. The molecule has 0 spiro atoms. The normalized spacial score (nSPS) is 20.2.